The van der Waals surface area contributed by atoms with E-state index in [1.807, 2.05) is 16.7 Å². The van der Waals surface area contributed by atoms with Gasteiger partial charge in [-0.15, -0.1) is 11.8 Å². The Morgan fingerprint density at radius 1 is 1.41 bits per heavy atom. The van der Waals surface area contributed by atoms with Crippen LogP contribution < -0.4 is 15.6 Å². The highest BCUT2D eigenvalue weighted by molar-refractivity contribution is 9.10. The third-order valence-electron chi connectivity index (χ3n) is 4.73. The lowest BCUT2D eigenvalue weighted by atomic mass is 10.0. The van der Waals surface area contributed by atoms with E-state index in [1.165, 1.54) is 16.7 Å². The lowest BCUT2D eigenvalue weighted by molar-refractivity contribution is -0.689. The second-order valence-corrected chi connectivity index (χ2v) is 9.52. The molecule has 166 valence electrons. The smallest absolute Gasteiger partial charge is 0.352 e. The van der Waals surface area contributed by atoms with Crippen molar-refractivity contribution in [1.29, 1.82) is 0 Å². The summed E-state index contributed by atoms with van der Waals surface area (Å²) >= 11 is 5.50. The molecule has 2 aromatic rings. The van der Waals surface area contributed by atoms with Gasteiger partial charge < -0.3 is 21.4 Å². The molecule has 4 rings (SSSR count). The number of nitrogen functional groups attached to an aromatic ring is 1. The van der Waals surface area contributed by atoms with Gasteiger partial charge in [-0.05, 0) is 0 Å². The maximum atomic E-state index is 12.8. The Labute approximate surface area is 197 Å². The third-order valence-corrected chi connectivity index (χ3v) is 7.14. The van der Waals surface area contributed by atoms with E-state index in [0.29, 0.717) is 17.9 Å². The van der Waals surface area contributed by atoms with Crippen LogP contribution in [0.5, 0.6) is 0 Å². The second-order valence-electron chi connectivity index (χ2n) is 6.71. The van der Waals surface area contributed by atoms with Crippen LogP contribution in [0.15, 0.2) is 45.4 Å². The Bertz CT molecular complexity index is 1170. The number of pyridine rings is 1. The predicted molar refractivity (Wildman–Crippen MR) is 117 cm³/mol. The number of aromatic nitrogens is 3. The number of carboxylic acids is 1. The van der Waals surface area contributed by atoms with Gasteiger partial charge in [-0.2, -0.15) is 9.36 Å². The van der Waals surface area contributed by atoms with E-state index in [-0.39, 0.29) is 16.7 Å². The van der Waals surface area contributed by atoms with Gasteiger partial charge in [0.05, 0.1) is 0 Å². The van der Waals surface area contributed by atoms with Crippen LogP contribution in [0.3, 0.4) is 0 Å². The number of nitrogens with zero attached hydrogens (tertiary/aromatic N) is 5. The summed E-state index contributed by atoms with van der Waals surface area (Å²) in [4.78, 5) is 42.2. The van der Waals surface area contributed by atoms with Crippen molar-refractivity contribution in [2.75, 3.05) is 11.5 Å². The summed E-state index contributed by atoms with van der Waals surface area (Å²) in [7, 11) is 0. The first kappa shape index (κ1) is 22.2. The van der Waals surface area contributed by atoms with E-state index >= 15 is 0 Å². The van der Waals surface area contributed by atoms with Crippen LogP contribution in [0.25, 0.3) is 0 Å². The van der Waals surface area contributed by atoms with Gasteiger partial charge >= 0.3 is 5.97 Å². The molecule has 0 unspecified atom stereocenters. The van der Waals surface area contributed by atoms with Gasteiger partial charge in [0, 0.05) is 39.5 Å². The molecule has 2 aliphatic heterocycles. The van der Waals surface area contributed by atoms with E-state index in [1.54, 1.807) is 12.4 Å². The molecule has 32 heavy (non-hydrogen) atoms. The van der Waals surface area contributed by atoms with Crippen molar-refractivity contribution < 1.29 is 29.3 Å². The highest BCUT2D eigenvalue weighted by Gasteiger charge is 2.54. The number of carbonyl (C=O) groups excluding carboxylic acids is 2. The standard InChI is InChI=1S/C17H14BrN7O5S2/c18-8-1-3-24(4-2-8)5-7-6-31-15-10(14(27)25(15)11(7)16(28)29)20-13(26)9(22-30)12-21-17(19)32-23-12/h1-4,10,15H,5-6H2,(H4-,19,20,21,23,26,28,29,30)/p+1/t10-,15+/m1/s1. The average molecular weight is 541 g/mol. The lowest BCUT2D eigenvalue weighted by Crippen LogP contribution is -2.71. The number of rotatable bonds is 6. The molecule has 1 fully saturated rings. The number of amides is 2. The molecule has 4 heterocycles. The van der Waals surface area contributed by atoms with Gasteiger partial charge in [0.15, 0.2) is 24.1 Å². The molecule has 2 aliphatic rings. The van der Waals surface area contributed by atoms with E-state index in [0.717, 1.165) is 16.0 Å². The molecular weight excluding hydrogens is 526 g/mol. The van der Waals surface area contributed by atoms with E-state index in [4.69, 9.17) is 5.73 Å². The van der Waals surface area contributed by atoms with Crippen molar-refractivity contribution in [2.24, 2.45) is 5.16 Å². The molecule has 0 aromatic carbocycles. The zero-order valence-corrected chi connectivity index (χ0v) is 19.2. The first-order chi connectivity index (χ1) is 15.3. The number of hydrogen-bond donors (Lipinski definition) is 4. The summed E-state index contributed by atoms with van der Waals surface area (Å²) in [5.41, 5.74) is 5.47. The van der Waals surface area contributed by atoms with Crippen molar-refractivity contribution in [3.8, 4) is 0 Å². The largest absolute Gasteiger partial charge is 0.477 e. The van der Waals surface area contributed by atoms with Crippen LogP contribution in [0.1, 0.15) is 5.82 Å². The van der Waals surface area contributed by atoms with Crippen LogP contribution in [-0.2, 0) is 20.9 Å². The zero-order valence-electron chi connectivity index (χ0n) is 16.0. The van der Waals surface area contributed by atoms with Crippen molar-refractivity contribution in [3.63, 3.8) is 0 Å². The number of anilines is 1. The maximum Gasteiger partial charge on any atom is 0.352 e. The zero-order chi connectivity index (χ0) is 23.0. The Balaban J connectivity index is 1.52. The van der Waals surface area contributed by atoms with E-state index < -0.39 is 34.9 Å². The first-order valence-electron chi connectivity index (χ1n) is 8.97. The third kappa shape index (κ3) is 4.05. The number of carbonyl (C=O) groups is 3. The normalized spacial score (nSPS) is 20.6. The Hall–Kier alpha value is -3.04. The monoisotopic (exact) mass is 540 g/mol. The van der Waals surface area contributed by atoms with Gasteiger partial charge in [-0.3, -0.25) is 14.5 Å². The molecule has 12 nitrogen and oxygen atoms in total. The van der Waals surface area contributed by atoms with Gasteiger partial charge in [-0.1, -0.05) is 21.1 Å². The van der Waals surface area contributed by atoms with Crippen molar-refractivity contribution in [2.45, 2.75) is 18.0 Å². The SMILES string of the molecule is Nc1nc(/C(=N/O)C(=O)N[C@@H]2C(=O)N3C(C(=O)O)=C(C[n+]4ccc(Br)cc4)CS[C@@H]23)ns1. The molecule has 0 aliphatic carbocycles. The van der Waals surface area contributed by atoms with Crippen molar-refractivity contribution >= 4 is 67.9 Å². The fraction of sp³-hybridized carbons (Fsp3) is 0.235. The quantitative estimate of drug-likeness (QED) is 0.127. The summed E-state index contributed by atoms with van der Waals surface area (Å²) in [6, 6.07) is 2.66. The minimum Gasteiger partial charge on any atom is -0.477 e. The second kappa shape index (κ2) is 8.84. The van der Waals surface area contributed by atoms with Crippen LogP contribution in [0, 0.1) is 0 Å². The summed E-state index contributed by atoms with van der Waals surface area (Å²) in [5, 5.41) is 23.8. The van der Waals surface area contributed by atoms with Gasteiger partial charge in [-0.25, -0.2) is 9.36 Å². The summed E-state index contributed by atoms with van der Waals surface area (Å²) < 4.78 is 6.51. The lowest BCUT2D eigenvalue weighted by Gasteiger charge is -2.49. The van der Waals surface area contributed by atoms with Gasteiger partial charge in [0.1, 0.15) is 17.1 Å². The summed E-state index contributed by atoms with van der Waals surface area (Å²) in [6.45, 7) is 0.299. The van der Waals surface area contributed by atoms with E-state index in [9.17, 15) is 24.7 Å². The molecule has 0 spiro atoms. The Morgan fingerprint density at radius 2 is 2.12 bits per heavy atom. The number of thioether (sulfide) groups is 1. The molecule has 5 N–H and O–H groups in total. The number of hydrogen-bond acceptors (Lipinski definition) is 10. The maximum absolute atomic E-state index is 12.8. The Morgan fingerprint density at radius 3 is 2.72 bits per heavy atom. The molecule has 2 aromatic heterocycles. The molecule has 2 atom stereocenters. The first-order valence-corrected chi connectivity index (χ1v) is 11.6. The number of nitrogens with two attached hydrogens (primary N) is 1. The number of β-lactam (4-membered cyclic amide) rings is 1. The minimum atomic E-state index is -1.22. The van der Waals surface area contributed by atoms with E-state index in [2.05, 4.69) is 35.8 Å². The van der Waals surface area contributed by atoms with Crippen molar-refractivity contribution in [3.05, 3.63) is 46.1 Å². The molecule has 0 bridgehead atoms. The highest BCUT2D eigenvalue weighted by atomic mass is 79.9. The minimum absolute atomic E-state index is 0.0788. The number of halogens is 1. The molecule has 1 saturated heterocycles. The molecule has 0 radical (unpaired) electrons. The number of oxime groups is 1. The highest BCUT2D eigenvalue weighted by Crippen LogP contribution is 2.40. The molecule has 2 amide bonds. The predicted octanol–water partition coefficient (Wildman–Crippen LogP) is -0.213. The number of nitrogens with one attached hydrogen (secondary N) is 1. The topological polar surface area (TPSA) is 175 Å². The number of aliphatic carboxylic acids is 1. The Kier molecular flexibility index (Phi) is 6.12. The van der Waals surface area contributed by atoms with Crippen LogP contribution in [-0.4, -0.2) is 65.2 Å². The van der Waals surface area contributed by atoms with Gasteiger partial charge in [0.25, 0.3) is 11.8 Å². The average Bonchev–Trinajstić information content (AvgIpc) is 3.19. The van der Waals surface area contributed by atoms with Gasteiger partial charge in [0.2, 0.25) is 11.5 Å². The van der Waals surface area contributed by atoms with Crippen LogP contribution in [0.2, 0.25) is 0 Å². The molecule has 15 heteroatoms. The summed E-state index contributed by atoms with van der Waals surface area (Å²) in [6.07, 6.45) is 3.59. The fourth-order valence-corrected chi connectivity index (χ4v) is 5.31. The number of fused-ring (bicyclic) bond motifs is 1. The molecular formula is C17H15BrN7O5S2+. The number of carboxylic acid groups (broad SMARTS) is 1. The van der Waals surface area contributed by atoms with Crippen LogP contribution in [0.4, 0.5) is 5.13 Å². The van der Waals surface area contributed by atoms with Crippen molar-refractivity contribution in [1.82, 2.24) is 19.6 Å². The van der Waals surface area contributed by atoms with Crippen LogP contribution >= 0.6 is 39.2 Å². The summed E-state index contributed by atoms with van der Waals surface area (Å²) in [5.74, 6) is -2.49. The molecule has 0 saturated carbocycles. The fourth-order valence-electron chi connectivity index (χ4n) is 3.30.